The third-order valence-corrected chi connectivity index (χ3v) is 5.70. The standard InChI is InChI=1S/C19H19N3OS/c1-2-13-7-9-14(10-8-13)20-21-18-16-5-3-4-6-17(16)22(19(18)23)15-11-24-12-15/h3-10,15,23H,2,11-12H2,1H3. The maximum atomic E-state index is 10.7. The molecule has 1 fully saturated rings. The fourth-order valence-electron chi connectivity index (χ4n) is 2.98. The average Bonchev–Trinajstić information content (AvgIpc) is 2.85. The van der Waals surface area contributed by atoms with Crippen LogP contribution in [-0.4, -0.2) is 21.2 Å². The van der Waals surface area contributed by atoms with E-state index in [9.17, 15) is 5.11 Å². The predicted molar refractivity (Wildman–Crippen MR) is 100.0 cm³/mol. The van der Waals surface area contributed by atoms with Crippen molar-refractivity contribution in [2.45, 2.75) is 19.4 Å². The molecule has 1 aromatic heterocycles. The van der Waals surface area contributed by atoms with E-state index in [1.165, 1.54) is 5.56 Å². The number of aromatic hydroxyl groups is 1. The molecule has 0 atom stereocenters. The highest BCUT2D eigenvalue weighted by atomic mass is 32.2. The molecule has 0 aliphatic carbocycles. The molecule has 0 saturated carbocycles. The van der Waals surface area contributed by atoms with Crippen LogP contribution < -0.4 is 0 Å². The van der Waals surface area contributed by atoms with Crippen LogP contribution in [0.4, 0.5) is 11.4 Å². The van der Waals surface area contributed by atoms with E-state index in [0.717, 1.165) is 34.5 Å². The van der Waals surface area contributed by atoms with Crippen molar-refractivity contribution in [2.75, 3.05) is 11.5 Å². The summed E-state index contributed by atoms with van der Waals surface area (Å²) >= 11 is 1.89. The number of azo groups is 1. The normalized spacial score (nSPS) is 15.2. The molecule has 3 aromatic rings. The van der Waals surface area contributed by atoms with Crippen LogP contribution in [0, 0.1) is 0 Å². The molecule has 0 bridgehead atoms. The molecule has 1 aliphatic heterocycles. The minimum absolute atomic E-state index is 0.218. The summed E-state index contributed by atoms with van der Waals surface area (Å²) in [6.07, 6.45) is 1.01. The van der Waals surface area contributed by atoms with Gasteiger partial charge in [-0.1, -0.05) is 37.3 Å². The number of nitrogens with zero attached hydrogens (tertiary/aromatic N) is 3. The summed E-state index contributed by atoms with van der Waals surface area (Å²) in [4.78, 5) is 0. The zero-order valence-corrected chi connectivity index (χ0v) is 14.3. The molecular weight excluding hydrogens is 318 g/mol. The molecule has 0 unspecified atom stereocenters. The monoisotopic (exact) mass is 337 g/mol. The van der Waals surface area contributed by atoms with Crippen LogP contribution in [0.3, 0.4) is 0 Å². The topological polar surface area (TPSA) is 49.9 Å². The van der Waals surface area contributed by atoms with Crippen molar-refractivity contribution in [3.05, 3.63) is 54.1 Å². The van der Waals surface area contributed by atoms with Crippen LogP contribution in [0.5, 0.6) is 5.88 Å². The van der Waals surface area contributed by atoms with Crippen molar-refractivity contribution in [1.82, 2.24) is 4.57 Å². The summed E-state index contributed by atoms with van der Waals surface area (Å²) in [6, 6.07) is 16.4. The third kappa shape index (κ3) is 2.59. The molecule has 0 spiro atoms. The molecule has 0 amide bonds. The summed E-state index contributed by atoms with van der Waals surface area (Å²) in [5.74, 6) is 2.28. The first-order valence-electron chi connectivity index (χ1n) is 8.18. The lowest BCUT2D eigenvalue weighted by Crippen LogP contribution is -2.22. The number of aryl methyl sites for hydroxylation is 1. The summed E-state index contributed by atoms with van der Waals surface area (Å²) < 4.78 is 2.00. The Morgan fingerprint density at radius 1 is 1.08 bits per heavy atom. The number of thioether (sulfide) groups is 1. The molecule has 2 heterocycles. The zero-order chi connectivity index (χ0) is 16.5. The Labute approximate surface area is 145 Å². The maximum absolute atomic E-state index is 10.7. The van der Waals surface area contributed by atoms with Crippen molar-refractivity contribution < 1.29 is 5.11 Å². The smallest absolute Gasteiger partial charge is 0.221 e. The van der Waals surface area contributed by atoms with Gasteiger partial charge in [-0.2, -0.15) is 16.9 Å². The molecule has 1 N–H and O–H groups in total. The predicted octanol–water partition coefficient (Wildman–Crippen LogP) is 5.61. The van der Waals surface area contributed by atoms with Gasteiger partial charge in [0.1, 0.15) is 0 Å². The van der Waals surface area contributed by atoms with Gasteiger partial charge >= 0.3 is 0 Å². The Morgan fingerprint density at radius 2 is 1.83 bits per heavy atom. The SMILES string of the molecule is CCc1ccc(N=Nc2c(O)n(C3CSC3)c3ccccc23)cc1. The lowest BCUT2D eigenvalue weighted by atomic mass is 10.2. The number of hydrogen-bond donors (Lipinski definition) is 1. The first-order chi connectivity index (χ1) is 11.8. The highest BCUT2D eigenvalue weighted by molar-refractivity contribution is 8.00. The zero-order valence-electron chi connectivity index (χ0n) is 13.5. The Morgan fingerprint density at radius 3 is 2.50 bits per heavy atom. The van der Waals surface area contributed by atoms with Gasteiger partial charge < -0.3 is 9.67 Å². The highest BCUT2D eigenvalue weighted by Gasteiger charge is 2.27. The lowest BCUT2D eigenvalue weighted by Gasteiger charge is -2.27. The summed E-state index contributed by atoms with van der Waals surface area (Å²) in [7, 11) is 0. The number of fused-ring (bicyclic) bond motifs is 1. The Hall–Kier alpha value is -2.27. The van der Waals surface area contributed by atoms with E-state index < -0.39 is 0 Å². The Balaban J connectivity index is 1.75. The first kappa shape index (κ1) is 15.3. The van der Waals surface area contributed by atoms with E-state index in [1.54, 1.807) is 0 Å². The van der Waals surface area contributed by atoms with E-state index in [0.29, 0.717) is 11.7 Å². The van der Waals surface area contributed by atoms with Crippen LogP contribution >= 0.6 is 11.8 Å². The van der Waals surface area contributed by atoms with E-state index in [4.69, 9.17) is 0 Å². The van der Waals surface area contributed by atoms with Gasteiger partial charge in [-0.15, -0.1) is 5.11 Å². The van der Waals surface area contributed by atoms with Crippen molar-refractivity contribution in [3.8, 4) is 5.88 Å². The summed E-state index contributed by atoms with van der Waals surface area (Å²) in [5.41, 5.74) is 3.65. The largest absolute Gasteiger partial charge is 0.493 e. The molecule has 5 heteroatoms. The van der Waals surface area contributed by atoms with Gasteiger partial charge in [-0.3, -0.25) is 0 Å². The van der Waals surface area contributed by atoms with Crippen molar-refractivity contribution in [2.24, 2.45) is 10.2 Å². The number of hydrogen-bond acceptors (Lipinski definition) is 4. The van der Waals surface area contributed by atoms with Gasteiger partial charge in [0, 0.05) is 16.9 Å². The molecule has 2 aromatic carbocycles. The lowest BCUT2D eigenvalue weighted by molar-refractivity contribution is 0.406. The summed E-state index contributed by atoms with van der Waals surface area (Å²) in [6.45, 7) is 2.13. The minimum Gasteiger partial charge on any atom is -0.493 e. The summed E-state index contributed by atoms with van der Waals surface area (Å²) in [5, 5.41) is 20.3. The van der Waals surface area contributed by atoms with Gasteiger partial charge in [-0.25, -0.2) is 0 Å². The number of rotatable bonds is 4. The molecule has 0 radical (unpaired) electrons. The van der Waals surface area contributed by atoms with E-state index in [1.807, 2.05) is 52.7 Å². The Bertz CT molecular complexity index is 895. The van der Waals surface area contributed by atoms with Crippen LogP contribution in [0.2, 0.25) is 0 Å². The fraction of sp³-hybridized carbons (Fsp3) is 0.263. The molecule has 1 aliphatic rings. The van der Waals surface area contributed by atoms with Crippen LogP contribution in [0.25, 0.3) is 10.9 Å². The van der Waals surface area contributed by atoms with Crippen LogP contribution in [0.1, 0.15) is 18.5 Å². The van der Waals surface area contributed by atoms with Gasteiger partial charge in [0.05, 0.1) is 17.2 Å². The molecule has 4 rings (SSSR count). The quantitative estimate of drug-likeness (QED) is 0.629. The molecule has 4 nitrogen and oxygen atoms in total. The highest BCUT2D eigenvalue weighted by Crippen LogP contribution is 2.44. The van der Waals surface area contributed by atoms with Crippen LogP contribution in [-0.2, 0) is 6.42 Å². The first-order valence-corrected chi connectivity index (χ1v) is 9.33. The van der Waals surface area contributed by atoms with Gasteiger partial charge in [-0.05, 0) is 30.2 Å². The molecule has 1 saturated heterocycles. The second-order valence-corrected chi connectivity index (χ2v) is 7.05. The van der Waals surface area contributed by atoms with Gasteiger partial charge in [0.15, 0.2) is 5.69 Å². The average molecular weight is 337 g/mol. The second kappa shape index (κ2) is 6.32. The van der Waals surface area contributed by atoms with Gasteiger partial charge in [0.2, 0.25) is 5.88 Å². The van der Waals surface area contributed by atoms with E-state index >= 15 is 0 Å². The Kier molecular flexibility index (Phi) is 4.02. The minimum atomic E-state index is 0.218. The molecule has 24 heavy (non-hydrogen) atoms. The van der Waals surface area contributed by atoms with Gasteiger partial charge in [0.25, 0.3) is 0 Å². The third-order valence-electron chi connectivity index (χ3n) is 4.45. The molecule has 122 valence electrons. The van der Waals surface area contributed by atoms with E-state index in [2.05, 4.69) is 29.3 Å². The number of aromatic nitrogens is 1. The van der Waals surface area contributed by atoms with Crippen LogP contribution in [0.15, 0.2) is 58.8 Å². The van der Waals surface area contributed by atoms with E-state index in [-0.39, 0.29) is 5.88 Å². The maximum Gasteiger partial charge on any atom is 0.221 e. The molecular formula is C19H19N3OS. The number of benzene rings is 2. The van der Waals surface area contributed by atoms with Crippen molar-refractivity contribution >= 4 is 34.0 Å². The number of para-hydroxylation sites is 1. The van der Waals surface area contributed by atoms with Crippen molar-refractivity contribution in [1.29, 1.82) is 0 Å². The van der Waals surface area contributed by atoms with Crippen molar-refractivity contribution in [3.63, 3.8) is 0 Å². The fourth-order valence-corrected chi connectivity index (χ4v) is 3.72. The second-order valence-electron chi connectivity index (χ2n) is 5.97.